The van der Waals surface area contributed by atoms with Gasteiger partial charge in [0.1, 0.15) is 12.2 Å². The van der Waals surface area contributed by atoms with Crippen molar-refractivity contribution in [2.45, 2.75) is 26.1 Å². The predicted molar refractivity (Wildman–Crippen MR) is 57.2 cm³/mol. The lowest BCUT2D eigenvalue weighted by Gasteiger charge is -2.08. The first-order valence-electron chi connectivity index (χ1n) is 5.26. The van der Waals surface area contributed by atoms with E-state index in [0.717, 1.165) is 16.8 Å². The van der Waals surface area contributed by atoms with Gasteiger partial charge in [0.25, 0.3) is 11.5 Å². The van der Waals surface area contributed by atoms with Gasteiger partial charge >= 0.3 is 6.18 Å². The van der Waals surface area contributed by atoms with Crippen molar-refractivity contribution in [3.8, 4) is 0 Å². The van der Waals surface area contributed by atoms with Crippen molar-refractivity contribution in [1.82, 2.24) is 15.1 Å². The van der Waals surface area contributed by atoms with Crippen molar-refractivity contribution in [1.29, 1.82) is 0 Å². The molecule has 100 valence electrons. The molecule has 1 aromatic heterocycles. The molecule has 0 saturated heterocycles. The van der Waals surface area contributed by atoms with E-state index >= 15 is 0 Å². The van der Waals surface area contributed by atoms with Crippen LogP contribution in [0.25, 0.3) is 0 Å². The van der Waals surface area contributed by atoms with Crippen LogP contribution in [0, 0.1) is 0 Å². The molecule has 1 heterocycles. The van der Waals surface area contributed by atoms with E-state index in [1.54, 1.807) is 5.32 Å². The Hall–Kier alpha value is -1.86. The van der Waals surface area contributed by atoms with Crippen molar-refractivity contribution in [2.24, 2.45) is 0 Å². The minimum Gasteiger partial charge on any atom is -0.342 e. The summed E-state index contributed by atoms with van der Waals surface area (Å²) >= 11 is 0. The van der Waals surface area contributed by atoms with Crippen molar-refractivity contribution >= 4 is 5.91 Å². The molecule has 1 aromatic rings. The third-order valence-corrected chi connectivity index (χ3v) is 1.98. The molecule has 1 rings (SSSR count). The minimum absolute atomic E-state index is 0.215. The predicted octanol–water partition coefficient (Wildman–Crippen LogP) is 0.945. The standard InChI is InChI=1S/C10H12F3N3O2/c1-2-5-16-8(17)4-3-7(15-16)9(18)14-6-10(11,12)13/h3-4H,2,5-6H2,1H3,(H,14,18). The van der Waals surface area contributed by atoms with E-state index in [1.165, 1.54) is 0 Å². The third kappa shape index (κ3) is 4.19. The van der Waals surface area contributed by atoms with E-state index in [1.807, 2.05) is 6.92 Å². The van der Waals surface area contributed by atoms with Crippen LogP contribution in [0.4, 0.5) is 13.2 Å². The van der Waals surface area contributed by atoms with E-state index < -0.39 is 24.2 Å². The van der Waals surface area contributed by atoms with Gasteiger partial charge in [-0.25, -0.2) is 4.68 Å². The number of halogens is 3. The van der Waals surface area contributed by atoms with E-state index in [0.29, 0.717) is 13.0 Å². The Morgan fingerprint density at radius 1 is 1.44 bits per heavy atom. The number of carbonyl (C=O) groups excluding carboxylic acids is 1. The number of carbonyl (C=O) groups is 1. The van der Waals surface area contributed by atoms with Crippen LogP contribution in [-0.4, -0.2) is 28.4 Å². The summed E-state index contributed by atoms with van der Waals surface area (Å²) in [5, 5.41) is 5.37. The second-order valence-electron chi connectivity index (χ2n) is 3.58. The van der Waals surface area contributed by atoms with Gasteiger partial charge in [0.2, 0.25) is 0 Å². The Kier molecular flexibility index (Phi) is 4.46. The molecule has 0 spiro atoms. The average Bonchev–Trinajstić information content (AvgIpc) is 2.28. The summed E-state index contributed by atoms with van der Waals surface area (Å²) in [6.07, 6.45) is -3.85. The van der Waals surface area contributed by atoms with Gasteiger partial charge in [-0.15, -0.1) is 0 Å². The summed E-state index contributed by atoms with van der Waals surface area (Å²) in [6.45, 7) is 0.685. The topological polar surface area (TPSA) is 64.0 Å². The fraction of sp³-hybridized carbons (Fsp3) is 0.500. The Balaban J connectivity index is 2.80. The zero-order valence-electron chi connectivity index (χ0n) is 9.62. The molecule has 0 bridgehead atoms. The molecule has 0 atom stereocenters. The van der Waals surface area contributed by atoms with Gasteiger partial charge < -0.3 is 5.32 Å². The average molecular weight is 263 g/mol. The van der Waals surface area contributed by atoms with Gasteiger partial charge in [0, 0.05) is 12.6 Å². The zero-order chi connectivity index (χ0) is 13.8. The van der Waals surface area contributed by atoms with Crippen LogP contribution in [0.1, 0.15) is 23.8 Å². The molecule has 1 amide bonds. The Morgan fingerprint density at radius 3 is 2.67 bits per heavy atom. The normalized spacial score (nSPS) is 11.3. The van der Waals surface area contributed by atoms with Gasteiger partial charge in [-0.05, 0) is 12.5 Å². The van der Waals surface area contributed by atoms with E-state index in [-0.39, 0.29) is 5.69 Å². The summed E-state index contributed by atoms with van der Waals surface area (Å²) in [5.41, 5.74) is -0.614. The summed E-state index contributed by atoms with van der Waals surface area (Å²) in [5.74, 6) is -0.961. The fourth-order valence-electron chi connectivity index (χ4n) is 1.21. The summed E-state index contributed by atoms with van der Waals surface area (Å²) in [7, 11) is 0. The highest BCUT2D eigenvalue weighted by atomic mass is 19.4. The third-order valence-electron chi connectivity index (χ3n) is 1.98. The highest BCUT2D eigenvalue weighted by Gasteiger charge is 2.28. The van der Waals surface area contributed by atoms with Crippen LogP contribution >= 0.6 is 0 Å². The largest absolute Gasteiger partial charge is 0.405 e. The minimum atomic E-state index is -4.48. The quantitative estimate of drug-likeness (QED) is 0.879. The molecule has 0 aliphatic rings. The number of hydrogen-bond acceptors (Lipinski definition) is 3. The maximum Gasteiger partial charge on any atom is 0.405 e. The molecule has 0 fully saturated rings. The molecule has 0 aromatic carbocycles. The van der Waals surface area contributed by atoms with Gasteiger partial charge in [0.15, 0.2) is 0 Å². The Morgan fingerprint density at radius 2 is 2.11 bits per heavy atom. The Labute approximate surface area is 101 Å². The molecule has 0 unspecified atom stereocenters. The number of hydrogen-bond donors (Lipinski definition) is 1. The number of amides is 1. The zero-order valence-corrected chi connectivity index (χ0v) is 9.62. The first kappa shape index (κ1) is 14.2. The highest BCUT2D eigenvalue weighted by molar-refractivity contribution is 5.91. The van der Waals surface area contributed by atoms with Crippen molar-refractivity contribution in [3.63, 3.8) is 0 Å². The molecule has 0 aliphatic carbocycles. The van der Waals surface area contributed by atoms with Crippen LogP contribution in [0.2, 0.25) is 0 Å². The molecule has 0 radical (unpaired) electrons. The van der Waals surface area contributed by atoms with Crippen molar-refractivity contribution in [2.75, 3.05) is 6.54 Å². The molecule has 0 saturated carbocycles. The second kappa shape index (κ2) is 5.65. The maximum absolute atomic E-state index is 11.9. The van der Waals surface area contributed by atoms with Crippen LogP contribution in [0.3, 0.4) is 0 Å². The van der Waals surface area contributed by atoms with Crippen molar-refractivity contribution in [3.05, 3.63) is 28.2 Å². The van der Waals surface area contributed by atoms with E-state index in [2.05, 4.69) is 5.10 Å². The molecule has 1 N–H and O–H groups in total. The number of rotatable bonds is 4. The molecule has 8 heteroatoms. The summed E-state index contributed by atoms with van der Waals surface area (Å²) in [6, 6.07) is 2.20. The molecular formula is C10H12F3N3O2. The van der Waals surface area contributed by atoms with E-state index in [9.17, 15) is 22.8 Å². The number of nitrogens with zero attached hydrogens (tertiary/aromatic N) is 2. The lowest BCUT2D eigenvalue weighted by Crippen LogP contribution is -2.35. The van der Waals surface area contributed by atoms with Crippen LogP contribution < -0.4 is 10.9 Å². The Bertz CT molecular complexity index is 482. The smallest absolute Gasteiger partial charge is 0.342 e. The molecule has 5 nitrogen and oxygen atoms in total. The number of aryl methyl sites for hydroxylation is 1. The monoisotopic (exact) mass is 263 g/mol. The number of alkyl halides is 3. The van der Waals surface area contributed by atoms with Gasteiger partial charge in [-0.1, -0.05) is 6.92 Å². The van der Waals surface area contributed by atoms with Crippen LogP contribution in [0.15, 0.2) is 16.9 Å². The van der Waals surface area contributed by atoms with Gasteiger partial charge in [-0.3, -0.25) is 9.59 Å². The molecular weight excluding hydrogens is 251 g/mol. The first-order valence-corrected chi connectivity index (χ1v) is 5.26. The summed E-state index contributed by atoms with van der Waals surface area (Å²) < 4.78 is 36.8. The number of nitrogens with one attached hydrogen (secondary N) is 1. The van der Waals surface area contributed by atoms with Gasteiger partial charge in [-0.2, -0.15) is 18.3 Å². The SMILES string of the molecule is CCCn1nc(C(=O)NCC(F)(F)F)ccc1=O. The fourth-order valence-corrected chi connectivity index (χ4v) is 1.21. The van der Waals surface area contributed by atoms with Gasteiger partial charge in [0.05, 0.1) is 0 Å². The molecule has 0 aliphatic heterocycles. The molecule has 18 heavy (non-hydrogen) atoms. The van der Waals surface area contributed by atoms with Crippen molar-refractivity contribution < 1.29 is 18.0 Å². The van der Waals surface area contributed by atoms with Crippen LogP contribution in [0.5, 0.6) is 0 Å². The second-order valence-corrected chi connectivity index (χ2v) is 3.58. The van der Waals surface area contributed by atoms with Crippen LogP contribution in [-0.2, 0) is 6.54 Å². The first-order chi connectivity index (χ1) is 8.33. The summed E-state index contributed by atoms with van der Waals surface area (Å²) in [4.78, 5) is 22.7. The lowest BCUT2D eigenvalue weighted by atomic mass is 10.3. The lowest BCUT2D eigenvalue weighted by molar-refractivity contribution is -0.123. The number of aromatic nitrogens is 2. The van der Waals surface area contributed by atoms with E-state index in [4.69, 9.17) is 0 Å². The maximum atomic E-state index is 11.9. The highest BCUT2D eigenvalue weighted by Crippen LogP contribution is 2.12.